The Balaban J connectivity index is 1.35. The molecule has 172 valence electrons. The number of esters is 1. The molecule has 1 atom stereocenters. The van der Waals surface area contributed by atoms with Crippen molar-refractivity contribution in [1.29, 1.82) is 0 Å². The van der Waals surface area contributed by atoms with Crippen LogP contribution in [0.3, 0.4) is 0 Å². The van der Waals surface area contributed by atoms with Crippen LogP contribution < -0.4 is 10.6 Å². The molecule has 4 aromatic carbocycles. The third-order valence-electron chi connectivity index (χ3n) is 5.46. The molecule has 4 aromatic rings. The molecule has 0 fully saturated rings. The minimum absolute atomic E-state index is 0.274. The van der Waals surface area contributed by atoms with Gasteiger partial charge >= 0.3 is 5.97 Å². The van der Waals surface area contributed by atoms with Crippen LogP contribution in [0.25, 0.3) is 10.8 Å². The molecule has 0 bridgehead atoms. The molecule has 0 aliphatic rings. The highest BCUT2D eigenvalue weighted by molar-refractivity contribution is 6.00. The van der Waals surface area contributed by atoms with E-state index >= 15 is 0 Å². The van der Waals surface area contributed by atoms with Gasteiger partial charge in [-0.05, 0) is 66.1 Å². The summed E-state index contributed by atoms with van der Waals surface area (Å²) in [5.74, 6) is -1.28. The fourth-order valence-electron chi connectivity index (χ4n) is 3.60. The van der Waals surface area contributed by atoms with Gasteiger partial charge in [-0.1, -0.05) is 54.6 Å². The summed E-state index contributed by atoms with van der Waals surface area (Å²) in [6, 6.07) is 26.8. The van der Waals surface area contributed by atoms with Gasteiger partial charge in [0.15, 0.2) is 6.10 Å². The summed E-state index contributed by atoms with van der Waals surface area (Å²) in [4.78, 5) is 25.4. The summed E-state index contributed by atoms with van der Waals surface area (Å²) in [5, 5.41) is 8.10. The highest BCUT2D eigenvalue weighted by Crippen LogP contribution is 2.20. The van der Waals surface area contributed by atoms with Gasteiger partial charge in [0.1, 0.15) is 5.82 Å². The largest absolute Gasteiger partial charge is 0.449 e. The number of fused-ring (bicyclic) bond motifs is 1. The molecule has 0 unspecified atom stereocenters. The maximum Gasteiger partial charge on any atom is 0.341 e. The van der Waals surface area contributed by atoms with Crippen LogP contribution in [0.5, 0.6) is 0 Å². The van der Waals surface area contributed by atoms with Gasteiger partial charge in [0.05, 0.1) is 5.56 Å². The quantitative estimate of drug-likeness (QED) is 0.328. The van der Waals surface area contributed by atoms with Gasteiger partial charge in [-0.25, -0.2) is 9.18 Å². The topological polar surface area (TPSA) is 67.4 Å². The Bertz CT molecular complexity index is 1300. The van der Waals surface area contributed by atoms with Gasteiger partial charge in [-0.3, -0.25) is 4.79 Å². The SMILES string of the molecule is C[C@H](OC(=O)c1ccccc1NCCc1ccc(F)cc1)C(=O)Nc1ccc2ccccc2c1. The van der Waals surface area contributed by atoms with E-state index in [9.17, 15) is 14.0 Å². The van der Waals surface area contributed by atoms with Crippen LogP contribution in [0, 0.1) is 5.82 Å². The molecule has 1 amide bonds. The van der Waals surface area contributed by atoms with Crippen molar-refractivity contribution in [3.05, 3.63) is 108 Å². The number of rotatable bonds is 8. The second-order valence-electron chi connectivity index (χ2n) is 7.95. The third kappa shape index (κ3) is 5.78. The van der Waals surface area contributed by atoms with Crippen molar-refractivity contribution in [3.63, 3.8) is 0 Å². The summed E-state index contributed by atoms with van der Waals surface area (Å²) in [6.45, 7) is 2.09. The number of anilines is 2. The van der Waals surface area contributed by atoms with Crippen molar-refractivity contribution in [3.8, 4) is 0 Å². The van der Waals surface area contributed by atoms with E-state index in [0.29, 0.717) is 29.9 Å². The predicted octanol–water partition coefficient (Wildman–Crippen LogP) is 5.82. The normalized spacial score (nSPS) is 11.6. The van der Waals surface area contributed by atoms with Gasteiger partial charge in [0.2, 0.25) is 0 Å². The van der Waals surface area contributed by atoms with E-state index in [-0.39, 0.29) is 5.82 Å². The number of carbonyl (C=O) groups excluding carboxylic acids is 2. The zero-order chi connectivity index (χ0) is 23.9. The molecule has 0 saturated heterocycles. The minimum atomic E-state index is -0.980. The molecule has 2 N–H and O–H groups in total. The first kappa shape index (κ1) is 23.0. The molecule has 0 radical (unpaired) electrons. The van der Waals surface area contributed by atoms with Gasteiger partial charge in [-0.15, -0.1) is 0 Å². The number of para-hydroxylation sites is 1. The van der Waals surface area contributed by atoms with E-state index in [2.05, 4.69) is 10.6 Å². The summed E-state index contributed by atoms with van der Waals surface area (Å²) in [5.41, 5.74) is 2.56. The second kappa shape index (κ2) is 10.6. The lowest BCUT2D eigenvalue weighted by Crippen LogP contribution is -2.30. The van der Waals surface area contributed by atoms with Crippen LogP contribution in [-0.2, 0) is 16.0 Å². The van der Waals surface area contributed by atoms with E-state index in [1.807, 2.05) is 48.5 Å². The third-order valence-corrected chi connectivity index (χ3v) is 5.46. The Morgan fingerprint density at radius 3 is 2.38 bits per heavy atom. The number of hydrogen-bond donors (Lipinski definition) is 2. The fourth-order valence-corrected chi connectivity index (χ4v) is 3.60. The lowest BCUT2D eigenvalue weighted by Gasteiger charge is -2.16. The number of halogens is 1. The molecule has 0 aliphatic carbocycles. The van der Waals surface area contributed by atoms with Crippen LogP contribution in [-0.4, -0.2) is 24.5 Å². The lowest BCUT2D eigenvalue weighted by molar-refractivity contribution is -0.123. The van der Waals surface area contributed by atoms with Crippen LogP contribution in [0.15, 0.2) is 91.0 Å². The number of amides is 1. The predicted molar refractivity (Wildman–Crippen MR) is 132 cm³/mol. The van der Waals surface area contributed by atoms with Crippen LogP contribution in [0.4, 0.5) is 15.8 Å². The molecule has 0 spiro atoms. The van der Waals surface area contributed by atoms with Crippen molar-refractivity contribution in [2.45, 2.75) is 19.4 Å². The summed E-state index contributed by atoms with van der Waals surface area (Å²) in [6.07, 6.45) is -0.319. The second-order valence-corrected chi connectivity index (χ2v) is 7.95. The first-order chi connectivity index (χ1) is 16.5. The van der Waals surface area contributed by atoms with Gasteiger partial charge in [-0.2, -0.15) is 0 Å². The lowest BCUT2D eigenvalue weighted by atomic mass is 10.1. The van der Waals surface area contributed by atoms with Gasteiger partial charge in [0.25, 0.3) is 5.91 Å². The fraction of sp³-hybridized carbons (Fsp3) is 0.143. The highest BCUT2D eigenvalue weighted by Gasteiger charge is 2.21. The molecule has 0 saturated carbocycles. The van der Waals surface area contributed by atoms with E-state index in [1.165, 1.54) is 12.1 Å². The molecule has 5 nitrogen and oxygen atoms in total. The van der Waals surface area contributed by atoms with Crippen LogP contribution >= 0.6 is 0 Å². The monoisotopic (exact) mass is 456 g/mol. The van der Waals surface area contributed by atoms with Crippen molar-refractivity contribution in [2.24, 2.45) is 0 Å². The van der Waals surface area contributed by atoms with Gasteiger partial charge < -0.3 is 15.4 Å². The molecule has 6 heteroatoms. The Morgan fingerprint density at radius 1 is 0.882 bits per heavy atom. The standard InChI is InChI=1S/C28H25FN2O3/c1-19(27(32)31-24-15-12-21-6-2-3-7-22(21)18-24)34-28(33)25-8-4-5-9-26(25)30-17-16-20-10-13-23(29)14-11-20/h2-15,18-19,30H,16-17H2,1H3,(H,31,32)/t19-/m0/s1. The average Bonchev–Trinajstić information content (AvgIpc) is 2.85. The smallest absolute Gasteiger partial charge is 0.341 e. The van der Waals surface area contributed by atoms with Crippen LogP contribution in [0.2, 0.25) is 0 Å². The molecule has 0 aromatic heterocycles. The Hall–Kier alpha value is -4.19. The van der Waals surface area contributed by atoms with Gasteiger partial charge in [0, 0.05) is 17.9 Å². The van der Waals surface area contributed by atoms with Crippen molar-refractivity contribution < 1.29 is 18.7 Å². The summed E-state index contributed by atoms with van der Waals surface area (Å²) >= 11 is 0. The Morgan fingerprint density at radius 2 is 1.59 bits per heavy atom. The molecular weight excluding hydrogens is 431 g/mol. The molecule has 4 rings (SSSR count). The highest BCUT2D eigenvalue weighted by atomic mass is 19.1. The number of benzene rings is 4. The first-order valence-electron chi connectivity index (χ1n) is 11.1. The first-order valence-corrected chi connectivity index (χ1v) is 11.1. The van der Waals surface area contributed by atoms with E-state index < -0.39 is 18.0 Å². The number of hydrogen-bond acceptors (Lipinski definition) is 4. The van der Waals surface area contributed by atoms with Crippen molar-refractivity contribution in [1.82, 2.24) is 0 Å². The number of nitrogens with one attached hydrogen (secondary N) is 2. The number of ether oxygens (including phenoxy) is 1. The molecule has 0 aliphatic heterocycles. The summed E-state index contributed by atoms with van der Waals surface area (Å²) in [7, 11) is 0. The van der Waals surface area contributed by atoms with Crippen LogP contribution in [0.1, 0.15) is 22.8 Å². The minimum Gasteiger partial charge on any atom is -0.449 e. The Kier molecular flexibility index (Phi) is 7.18. The Labute approximate surface area is 197 Å². The summed E-state index contributed by atoms with van der Waals surface area (Å²) < 4.78 is 18.5. The maximum absolute atomic E-state index is 13.1. The maximum atomic E-state index is 13.1. The molecule has 0 heterocycles. The van der Waals surface area contributed by atoms with E-state index in [1.54, 1.807) is 37.3 Å². The average molecular weight is 457 g/mol. The zero-order valence-electron chi connectivity index (χ0n) is 18.8. The number of carbonyl (C=O) groups is 2. The van der Waals surface area contributed by atoms with E-state index in [0.717, 1.165) is 16.3 Å². The van der Waals surface area contributed by atoms with Crippen molar-refractivity contribution >= 4 is 34.0 Å². The van der Waals surface area contributed by atoms with Crippen molar-refractivity contribution in [2.75, 3.05) is 17.2 Å². The molecule has 34 heavy (non-hydrogen) atoms. The van der Waals surface area contributed by atoms with E-state index in [4.69, 9.17) is 4.74 Å². The zero-order valence-corrected chi connectivity index (χ0v) is 18.8. The molecular formula is C28H25FN2O3.